The van der Waals surface area contributed by atoms with Crippen molar-refractivity contribution in [1.82, 2.24) is 4.90 Å². The van der Waals surface area contributed by atoms with Crippen molar-refractivity contribution in [1.29, 1.82) is 0 Å². The number of thioether (sulfide) groups is 1. The molecule has 0 radical (unpaired) electrons. The summed E-state index contributed by atoms with van der Waals surface area (Å²) < 4.78 is 4.83. The molecule has 1 fully saturated rings. The van der Waals surface area contributed by atoms with Crippen LogP contribution in [0.25, 0.3) is 6.08 Å². The topological polar surface area (TPSA) is 110 Å². The molecule has 1 saturated heterocycles. The number of ether oxygens (including phenoxy) is 1. The number of carbonyl (C=O) groups excluding carboxylic acids is 2. The Morgan fingerprint density at radius 1 is 1.45 bits per heavy atom. The van der Waals surface area contributed by atoms with Crippen LogP contribution in [-0.4, -0.2) is 46.3 Å². The minimum atomic E-state index is -0.725. The third-order valence-corrected chi connectivity index (χ3v) is 3.79. The van der Waals surface area contributed by atoms with E-state index in [1.165, 1.54) is 25.3 Å². The number of phenolic OH excluding ortho intramolecular Hbond substituents is 1. The zero-order chi connectivity index (χ0) is 16.3. The van der Waals surface area contributed by atoms with Gasteiger partial charge in [-0.2, -0.15) is 0 Å². The van der Waals surface area contributed by atoms with Crippen molar-refractivity contribution in [3.05, 3.63) is 38.8 Å². The van der Waals surface area contributed by atoms with Crippen LogP contribution in [-0.2, 0) is 9.53 Å². The monoisotopic (exact) mass is 324 g/mol. The fourth-order valence-electron chi connectivity index (χ4n) is 1.80. The second kappa shape index (κ2) is 6.58. The normalized spacial score (nSPS) is 16.6. The van der Waals surface area contributed by atoms with Gasteiger partial charge in [0.25, 0.3) is 11.1 Å². The Balaban J connectivity index is 2.27. The van der Waals surface area contributed by atoms with Crippen molar-refractivity contribution in [3.8, 4) is 5.75 Å². The predicted molar refractivity (Wildman–Crippen MR) is 79.3 cm³/mol. The van der Waals surface area contributed by atoms with Gasteiger partial charge in [-0.3, -0.25) is 24.6 Å². The zero-order valence-corrected chi connectivity index (χ0v) is 12.3. The Kier molecular flexibility index (Phi) is 4.78. The first-order valence-corrected chi connectivity index (χ1v) is 6.97. The highest BCUT2D eigenvalue weighted by molar-refractivity contribution is 8.18. The maximum absolute atomic E-state index is 12.1. The van der Waals surface area contributed by atoms with E-state index in [9.17, 15) is 24.8 Å². The lowest BCUT2D eigenvalue weighted by Crippen LogP contribution is -2.31. The van der Waals surface area contributed by atoms with Crippen LogP contribution in [0.1, 0.15) is 5.56 Å². The van der Waals surface area contributed by atoms with Crippen LogP contribution in [0, 0.1) is 10.1 Å². The van der Waals surface area contributed by atoms with E-state index >= 15 is 0 Å². The number of phenols is 1. The molecule has 0 unspecified atom stereocenters. The number of hydrogen-bond acceptors (Lipinski definition) is 7. The van der Waals surface area contributed by atoms with Crippen LogP contribution in [0.5, 0.6) is 5.75 Å². The SMILES string of the molecule is COCCN1C(=O)S/C(=C/c2ccc(O)c([N+](=O)[O-])c2)C1=O. The maximum atomic E-state index is 12.1. The first-order chi connectivity index (χ1) is 10.4. The van der Waals surface area contributed by atoms with Gasteiger partial charge in [-0.1, -0.05) is 6.07 Å². The van der Waals surface area contributed by atoms with Crippen molar-refractivity contribution in [2.45, 2.75) is 0 Å². The maximum Gasteiger partial charge on any atom is 0.311 e. The van der Waals surface area contributed by atoms with Gasteiger partial charge in [0, 0.05) is 13.2 Å². The van der Waals surface area contributed by atoms with Gasteiger partial charge in [0.1, 0.15) is 0 Å². The fourth-order valence-corrected chi connectivity index (χ4v) is 2.67. The fraction of sp³-hybridized carbons (Fsp3) is 0.231. The van der Waals surface area contributed by atoms with Crippen LogP contribution in [0.4, 0.5) is 10.5 Å². The molecule has 0 saturated carbocycles. The summed E-state index contributed by atoms with van der Waals surface area (Å²) in [6.07, 6.45) is 1.38. The molecule has 1 aromatic rings. The smallest absolute Gasteiger partial charge is 0.311 e. The minimum Gasteiger partial charge on any atom is -0.502 e. The summed E-state index contributed by atoms with van der Waals surface area (Å²) in [5.41, 5.74) is -0.117. The molecular formula is C13H12N2O6S. The average molecular weight is 324 g/mol. The molecule has 2 amide bonds. The second-order valence-electron chi connectivity index (χ2n) is 4.33. The van der Waals surface area contributed by atoms with Gasteiger partial charge < -0.3 is 9.84 Å². The molecule has 1 N–H and O–H groups in total. The summed E-state index contributed by atoms with van der Waals surface area (Å²) in [6, 6.07) is 3.73. The predicted octanol–water partition coefficient (Wildman–Crippen LogP) is 1.98. The second-order valence-corrected chi connectivity index (χ2v) is 5.32. The van der Waals surface area contributed by atoms with E-state index in [2.05, 4.69) is 0 Å². The Hall–Kier alpha value is -2.39. The van der Waals surface area contributed by atoms with Gasteiger partial charge in [-0.05, 0) is 29.5 Å². The molecule has 1 heterocycles. The lowest BCUT2D eigenvalue weighted by molar-refractivity contribution is -0.385. The third kappa shape index (κ3) is 3.26. The Morgan fingerprint density at radius 2 is 2.18 bits per heavy atom. The van der Waals surface area contributed by atoms with Gasteiger partial charge in [-0.15, -0.1) is 0 Å². The van der Waals surface area contributed by atoms with Crippen LogP contribution < -0.4 is 0 Å². The molecule has 0 bridgehead atoms. The minimum absolute atomic E-state index is 0.147. The summed E-state index contributed by atoms with van der Waals surface area (Å²) in [5.74, 6) is -0.932. The number of nitro groups is 1. The quantitative estimate of drug-likeness (QED) is 0.501. The zero-order valence-electron chi connectivity index (χ0n) is 11.5. The summed E-state index contributed by atoms with van der Waals surface area (Å²) >= 11 is 0.756. The third-order valence-electron chi connectivity index (χ3n) is 2.89. The molecule has 0 aliphatic carbocycles. The molecule has 8 nitrogen and oxygen atoms in total. The Labute approximate surface area is 129 Å². The van der Waals surface area contributed by atoms with Crippen molar-refractivity contribution in [2.24, 2.45) is 0 Å². The summed E-state index contributed by atoms with van der Waals surface area (Å²) in [6.45, 7) is 0.379. The van der Waals surface area contributed by atoms with Crippen LogP contribution in [0.3, 0.4) is 0 Å². The summed E-state index contributed by atoms with van der Waals surface area (Å²) in [5, 5.41) is 19.7. The van der Waals surface area contributed by atoms with E-state index < -0.39 is 27.5 Å². The van der Waals surface area contributed by atoms with Gasteiger partial charge >= 0.3 is 5.69 Å². The van der Waals surface area contributed by atoms with Crippen molar-refractivity contribution in [2.75, 3.05) is 20.3 Å². The van der Waals surface area contributed by atoms with Gasteiger partial charge in [-0.25, -0.2) is 0 Å². The molecule has 1 aliphatic rings. The highest BCUT2D eigenvalue weighted by Gasteiger charge is 2.34. The number of aromatic hydroxyl groups is 1. The standard InChI is InChI=1S/C13H12N2O6S/c1-21-5-4-14-12(17)11(22-13(14)18)7-8-2-3-10(16)9(6-8)15(19)20/h2-3,6-7,16H,4-5H2,1H3/b11-7+. The number of amides is 2. The van der Waals surface area contributed by atoms with E-state index in [0.717, 1.165) is 22.7 Å². The molecule has 22 heavy (non-hydrogen) atoms. The number of benzene rings is 1. The number of imide groups is 1. The first-order valence-electron chi connectivity index (χ1n) is 6.15. The van der Waals surface area contributed by atoms with Crippen LogP contribution in [0.2, 0.25) is 0 Å². The van der Waals surface area contributed by atoms with Crippen LogP contribution in [0.15, 0.2) is 23.1 Å². The largest absolute Gasteiger partial charge is 0.502 e. The number of nitro benzene ring substituents is 1. The average Bonchev–Trinajstić information content (AvgIpc) is 2.73. The number of nitrogens with zero attached hydrogens (tertiary/aromatic N) is 2. The van der Waals surface area contributed by atoms with Crippen molar-refractivity contribution in [3.63, 3.8) is 0 Å². The van der Waals surface area contributed by atoms with E-state index in [1.807, 2.05) is 0 Å². The van der Waals surface area contributed by atoms with E-state index in [1.54, 1.807) is 0 Å². The van der Waals surface area contributed by atoms with Crippen molar-refractivity contribution >= 4 is 34.7 Å². The summed E-state index contributed by atoms with van der Waals surface area (Å²) in [7, 11) is 1.46. The number of hydrogen-bond donors (Lipinski definition) is 1. The van der Waals surface area contributed by atoms with E-state index in [-0.39, 0.29) is 18.1 Å². The lowest BCUT2D eigenvalue weighted by atomic mass is 10.1. The van der Waals surface area contributed by atoms with E-state index in [4.69, 9.17) is 4.74 Å². The highest BCUT2D eigenvalue weighted by atomic mass is 32.2. The molecule has 9 heteroatoms. The van der Waals surface area contributed by atoms with Gasteiger partial charge in [0.15, 0.2) is 5.75 Å². The first kappa shape index (κ1) is 16.0. The molecule has 2 rings (SSSR count). The molecular weight excluding hydrogens is 312 g/mol. The molecule has 0 aromatic heterocycles. The summed E-state index contributed by atoms with van der Waals surface area (Å²) in [4.78, 5) is 35.1. The number of carbonyl (C=O) groups is 2. The molecule has 0 atom stereocenters. The molecule has 116 valence electrons. The Bertz CT molecular complexity index is 672. The lowest BCUT2D eigenvalue weighted by Gasteiger charge is -2.10. The molecule has 1 aliphatic heterocycles. The number of methoxy groups -OCH3 is 1. The van der Waals surface area contributed by atoms with Gasteiger partial charge in [0.2, 0.25) is 0 Å². The van der Waals surface area contributed by atoms with Crippen molar-refractivity contribution < 1.29 is 24.4 Å². The Morgan fingerprint density at radius 3 is 2.82 bits per heavy atom. The van der Waals surface area contributed by atoms with Crippen LogP contribution >= 0.6 is 11.8 Å². The van der Waals surface area contributed by atoms with Gasteiger partial charge in [0.05, 0.1) is 23.0 Å². The number of rotatable bonds is 5. The molecule has 1 aromatic carbocycles. The molecule has 0 spiro atoms. The highest BCUT2D eigenvalue weighted by Crippen LogP contribution is 2.33. The van der Waals surface area contributed by atoms with E-state index in [0.29, 0.717) is 5.56 Å².